The summed E-state index contributed by atoms with van der Waals surface area (Å²) < 4.78 is 24.2. The number of sulfonamides is 1. The van der Waals surface area contributed by atoms with Crippen LogP contribution in [0, 0.1) is 17.0 Å². The highest BCUT2D eigenvalue weighted by Crippen LogP contribution is 2.24. The Morgan fingerprint density at radius 1 is 1.37 bits per heavy atom. The Morgan fingerprint density at radius 3 is 2.53 bits per heavy atom. The van der Waals surface area contributed by atoms with Crippen LogP contribution in [0.5, 0.6) is 0 Å². The lowest BCUT2D eigenvalue weighted by Gasteiger charge is -2.12. The molecule has 0 atom stereocenters. The first-order valence-corrected chi connectivity index (χ1v) is 7.24. The van der Waals surface area contributed by atoms with Gasteiger partial charge in [0.05, 0.1) is 10.7 Å². The third kappa shape index (κ3) is 4.18. The van der Waals surface area contributed by atoms with Crippen LogP contribution in [0.1, 0.15) is 5.56 Å². The van der Waals surface area contributed by atoms with Gasteiger partial charge in [0.15, 0.2) is 0 Å². The summed E-state index contributed by atoms with van der Waals surface area (Å²) in [6.45, 7) is 1.87. The fraction of sp³-hybridized carbons (Fsp3) is 0.455. The Bertz CT molecular complexity index is 569. The lowest BCUT2D eigenvalue weighted by Crippen LogP contribution is -2.28. The topological polar surface area (TPSA) is 92.6 Å². The van der Waals surface area contributed by atoms with E-state index in [0.29, 0.717) is 5.69 Å². The molecule has 8 heteroatoms. The summed E-state index contributed by atoms with van der Waals surface area (Å²) in [4.78, 5) is 10.4. The predicted molar refractivity (Wildman–Crippen MR) is 73.8 cm³/mol. The summed E-state index contributed by atoms with van der Waals surface area (Å²) in [6.07, 6.45) is 0. The molecule has 7 nitrogen and oxygen atoms in total. The Balaban J connectivity index is 2.77. The summed E-state index contributed by atoms with van der Waals surface area (Å²) in [5.74, 6) is -0.120. The highest BCUT2D eigenvalue weighted by atomic mass is 32.2. The summed E-state index contributed by atoms with van der Waals surface area (Å²) in [5.41, 5.74) is 1.05. The highest BCUT2D eigenvalue weighted by molar-refractivity contribution is 7.89. The number of rotatable bonds is 6. The van der Waals surface area contributed by atoms with E-state index in [1.807, 2.05) is 0 Å². The minimum absolute atomic E-state index is 0.0535. The standard InChI is InChI=1S/C11H17N3O4S/c1-9-4-5-10(11(8-9)14(15)16)12-6-7-19(17,18)13(2)3/h4-5,8,12H,6-7H2,1-3H3. The highest BCUT2D eigenvalue weighted by Gasteiger charge is 2.16. The Hall–Kier alpha value is -1.67. The summed E-state index contributed by atoms with van der Waals surface area (Å²) in [7, 11) is -0.412. The zero-order chi connectivity index (χ0) is 14.6. The maximum Gasteiger partial charge on any atom is 0.292 e. The molecular weight excluding hydrogens is 270 g/mol. The van der Waals surface area contributed by atoms with Crippen molar-refractivity contribution in [1.82, 2.24) is 4.31 Å². The van der Waals surface area contributed by atoms with E-state index in [1.54, 1.807) is 19.1 Å². The van der Waals surface area contributed by atoms with Gasteiger partial charge < -0.3 is 5.32 Å². The maximum absolute atomic E-state index is 11.5. The number of aryl methyl sites for hydroxylation is 1. The molecule has 1 N–H and O–H groups in total. The van der Waals surface area contributed by atoms with Crippen molar-refractivity contribution in [3.05, 3.63) is 33.9 Å². The fourth-order valence-electron chi connectivity index (χ4n) is 1.44. The zero-order valence-corrected chi connectivity index (χ0v) is 11.9. The second kappa shape index (κ2) is 5.98. The molecule has 0 aliphatic rings. The molecule has 19 heavy (non-hydrogen) atoms. The first kappa shape index (κ1) is 15.4. The van der Waals surface area contributed by atoms with Crippen molar-refractivity contribution in [3.8, 4) is 0 Å². The largest absolute Gasteiger partial charge is 0.378 e. The second-order valence-electron chi connectivity index (χ2n) is 4.30. The molecule has 0 fully saturated rings. The zero-order valence-electron chi connectivity index (χ0n) is 11.1. The first-order valence-electron chi connectivity index (χ1n) is 5.63. The van der Waals surface area contributed by atoms with Crippen LogP contribution < -0.4 is 5.32 Å². The average molecular weight is 287 g/mol. The monoisotopic (exact) mass is 287 g/mol. The number of hydrogen-bond donors (Lipinski definition) is 1. The number of hydrogen-bond acceptors (Lipinski definition) is 5. The van der Waals surface area contributed by atoms with Gasteiger partial charge in [-0.25, -0.2) is 12.7 Å². The number of anilines is 1. The molecule has 1 aromatic rings. The smallest absolute Gasteiger partial charge is 0.292 e. The van der Waals surface area contributed by atoms with Gasteiger partial charge in [-0.15, -0.1) is 0 Å². The molecule has 0 saturated heterocycles. The molecule has 0 radical (unpaired) electrons. The Kier molecular flexibility index (Phi) is 4.84. The van der Waals surface area contributed by atoms with Crippen molar-refractivity contribution in [2.24, 2.45) is 0 Å². The van der Waals surface area contributed by atoms with E-state index < -0.39 is 14.9 Å². The number of nitrogens with zero attached hydrogens (tertiary/aromatic N) is 2. The van der Waals surface area contributed by atoms with Crippen LogP contribution in [0.25, 0.3) is 0 Å². The van der Waals surface area contributed by atoms with E-state index in [4.69, 9.17) is 0 Å². The Labute approximate surface area is 112 Å². The maximum atomic E-state index is 11.5. The minimum atomic E-state index is -3.31. The molecule has 0 heterocycles. The van der Waals surface area contributed by atoms with E-state index in [-0.39, 0.29) is 18.0 Å². The molecule has 0 spiro atoms. The lowest BCUT2D eigenvalue weighted by molar-refractivity contribution is -0.384. The van der Waals surface area contributed by atoms with Gasteiger partial charge in [0.2, 0.25) is 10.0 Å². The lowest BCUT2D eigenvalue weighted by atomic mass is 10.2. The SMILES string of the molecule is Cc1ccc(NCCS(=O)(=O)N(C)C)c([N+](=O)[O-])c1. The van der Waals surface area contributed by atoms with Gasteiger partial charge in [-0.2, -0.15) is 0 Å². The molecule has 0 amide bonds. The first-order chi connectivity index (χ1) is 8.74. The third-order valence-electron chi connectivity index (χ3n) is 2.58. The van der Waals surface area contributed by atoms with Gasteiger partial charge in [-0.05, 0) is 18.6 Å². The molecule has 0 aliphatic heterocycles. The van der Waals surface area contributed by atoms with Crippen LogP contribution in [0.2, 0.25) is 0 Å². The number of nitro benzene ring substituents is 1. The van der Waals surface area contributed by atoms with Crippen molar-refractivity contribution in [1.29, 1.82) is 0 Å². The van der Waals surface area contributed by atoms with Gasteiger partial charge in [-0.3, -0.25) is 10.1 Å². The van der Waals surface area contributed by atoms with Gasteiger partial charge in [0.1, 0.15) is 5.69 Å². The molecule has 0 bridgehead atoms. The van der Waals surface area contributed by atoms with Gasteiger partial charge in [0, 0.05) is 26.7 Å². The van der Waals surface area contributed by atoms with Crippen LogP contribution in [0.3, 0.4) is 0 Å². The molecular formula is C11H17N3O4S. The van der Waals surface area contributed by atoms with Crippen molar-refractivity contribution < 1.29 is 13.3 Å². The average Bonchev–Trinajstić information content (AvgIpc) is 2.30. The molecule has 0 aromatic heterocycles. The molecule has 0 unspecified atom stereocenters. The molecule has 1 aromatic carbocycles. The van der Waals surface area contributed by atoms with E-state index in [2.05, 4.69) is 5.32 Å². The quantitative estimate of drug-likeness (QED) is 0.627. The van der Waals surface area contributed by atoms with Crippen LogP contribution >= 0.6 is 0 Å². The Morgan fingerprint density at radius 2 is 2.00 bits per heavy atom. The van der Waals surface area contributed by atoms with E-state index in [9.17, 15) is 18.5 Å². The minimum Gasteiger partial charge on any atom is -0.378 e. The van der Waals surface area contributed by atoms with E-state index in [0.717, 1.165) is 9.87 Å². The molecule has 106 valence electrons. The van der Waals surface area contributed by atoms with Crippen LogP contribution in [0.15, 0.2) is 18.2 Å². The molecule has 1 rings (SSSR count). The van der Waals surface area contributed by atoms with Crippen molar-refractivity contribution in [2.45, 2.75) is 6.92 Å². The molecule has 0 aliphatic carbocycles. The summed E-state index contributed by atoms with van der Waals surface area (Å²) >= 11 is 0. The van der Waals surface area contributed by atoms with Crippen molar-refractivity contribution >= 4 is 21.4 Å². The van der Waals surface area contributed by atoms with Crippen LogP contribution in [-0.4, -0.2) is 44.0 Å². The van der Waals surface area contributed by atoms with Gasteiger partial charge in [0.25, 0.3) is 5.69 Å². The van der Waals surface area contributed by atoms with Crippen molar-refractivity contribution in [3.63, 3.8) is 0 Å². The summed E-state index contributed by atoms with van der Waals surface area (Å²) in [5, 5.41) is 13.7. The fourth-order valence-corrected chi connectivity index (χ4v) is 2.16. The van der Waals surface area contributed by atoms with Crippen LogP contribution in [0.4, 0.5) is 11.4 Å². The predicted octanol–water partition coefficient (Wildman–Crippen LogP) is 1.21. The van der Waals surface area contributed by atoms with E-state index >= 15 is 0 Å². The normalized spacial score (nSPS) is 11.6. The third-order valence-corrected chi connectivity index (χ3v) is 4.41. The number of nitro groups is 1. The second-order valence-corrected chi connectivity index (χ2v) is 6.61. The molecule has 0 saturated carbocycles. The van der Waals surface area contributed by atoms with E-state index in [1.165, 1.54) is 20.2 Å². The van der Waals surface area contributed by atoms with Crippen molar-refractivity contribution in [2.75, 3.05) is 31.7 Å². The number of nitrogens with one attached hydrogen (secondary N) is 1. The van der Waals surface area contributed by atoms with Gasteiger partial charge in [-0.1, -0.05) is 6.07 Å². The van der Waals surface area contributed by atoms with Crippen LogP contribution in [-0.2, 0) is 10.0 Å². The summed E-state index contributed by atoms with van der Waals surface area (Å²) in [6, 6.07) is 4.76. The van der Waals surface area contributed by atoms with Gasteiger partial charge >= 0.3 is 0 Å². The number of benzene rings is 1.